The van der Waals surface area contributed by atoms with E-state index in [1.54, 1.807) is 6.07 Å². The molecule has 3 rings (SSSR count). The molecule has 0 aliphatic heterocycles. The van der Waals surface area contributed by atoms with E-state index in [9.17, 15) is 5.11 Å². The lowest BCUT2D eigenvalue weighted by atomic mass is 9.93. The van der Waals surface area contributed by atoms with Crippen LogP contribution in [-0.4, -0.2) is 5.11 Å². The molecule has 20 heavy (non-hydrogen) atoms. The lowest BCUT2D eigenvalue weighted by Gasteiger charge is -2.15. The van der Waals surface area contributed by atoms with Crippen molar-refractivity contribution in [1.82, 2.24) is 0 Å². The fourth-order valence-corrected chi connectivity index (χ4v) is 2.83. The first-order chi connectivity index (χ1) is 9.77. The summed E-state index contributed by atoms with van der Waals surface area (Å²) in [7, 11) is 2.76. The van der Waals surface area contributed by atoms with Crippen molar-refractivity contribution in [1.29, 1.82) is 0 Å². The standard InChI is InChI=1S/C18H15OP/c19-15-11-12-16(20)18(14-9-5-2-6-10-14)17(15)13-7-3-1-4-8-13/h1-12,19H,20H2. The van der Waals surface area contributed by atoms with Crippen molar-refractivity contribution in [3.63, 3.8) is 0 Å². The quantitative estimate of drug-likeness (QED) is 0.696. The molecule has 0 spiro atoms. The fourth-order valence-electron chi connectivity index (χ4n) is 2.42. The molecule has 0 fully saturated rings. The number of aromatic hydroxyl groups is 1. The second-order valence-corrected chi connectivity index (χ2v) is 5.28. The Labute approximate surface area is 121 Å². The van der Waals surface area contributed by atoms with Crippen molar-refractivity contribution in [2.24, 2.45) is 0 Å². The van der Waals surface area contributed by atoms with Gasteiger partial charge >= 0.3 is 0 Å². The van der Waals surface area contributed by atoms with Crippen molar-refractivity contribution in [3.05, 3.63) is 72.8 Å². The normalized spacial score (nSPS) is 10.4. The van der Waals surface area contributed by atoms with E-state index in [0.29, 0.717) is 5.75 Å². The minimum Gasteiger partial charge on any atom is -0.507 e. The van der Waals surface area contributed by atoms with E-state index in [-0.39, 0.29) is 0 Å². The van der Waals surface area contributed by atoms with E-state index in [4.69, 9.17) is 0 Å². The van der Waals surface area contributed by atoms with Gasteiger partial charge in [-0.05, 0) is 22.5 Å². The Morgan fingerprint density at radius 3 is 1.65 bits per heavy atom. The largest absolute Gasteiger partial charge is 0.507 e. The number of hydrogen-bond acceptors (Lipinski definition) is 1. The molecule has 3 aromatic carbocycles. The van der Waals surface area contributed by atoms with Crippen LogP contribution in [0.5, 0.6) is 5.75 Å². The van der Waals surface area contributed by atoms with Crippen LogP contribution in [0.15, 0.2) is 72.8 Å². The van der Waals surface area contributed by atoms with E-state index in [1.165, 1.54) is 0 Å². The van der Waals surface area contributed by atoms with Crippen LogP contribution in [0.2, 0.25) is 0 Å². The summed E-state index contributed by atoms with van der Waals surface area (Å²) < 4.78 is 0. The summed E-state index contributed by atoms with van der Waals surface area (Å²) in [5.41, 5.74) is 4.06. The smallest absolute Gasteiger partial charge is 0.124 e. The number of phenols is 1. The molecular weight excluding hydrogens is 263 g/mol. The molecule has 0 bridgehead atoms. The van der Waals surface area contributed by atoms with E-state index in [0.717, 1.165) is 27.6 Å². The summed E-state index contributed by atoms with van der Waals surface area (Å²) in [4.78, 5) is 0. The van der Waals surface area contributed by atoms with Crippen LogP contribution in [0, 0.1) is 0 Å². The Balaban J connectivity index is 2.32. The van der Waals surface area contributed by atoms with Crippen LogP contribution in [0.4, 0.5) is 0 Å². The number of phenolic OH excluding ortho intramolecular Hbond substituents is 1. The van der Waals surface area contributed by atoms with Gasteiger partial charge in [0.15, 0.2) is 0 Å². The molecule has 1 atom stereocenters. The van der Waals surface area contributed by atoms with E-state index >= 15 is 0 Å². The van der Waals surface area contributed by atoms with E-state index in [2.05, 4.69) is 21.4 Å². The number of rotatable bonds is 2. The van der Waals surface area contributed by atoms with Crippen molar-refractivity contribution < 1.29 is 5.11 Å². The average Bonchev–Trinajstić information content (AvgIpc) is 2.51. The molecule has 0 heterocycles. The zero-order valence-corrected chi connectivity index (χ0v) is 12.1. The van der Waals surface area contributed by atoms with Crippen LogP contribution >= 0.6 is 9.24 Å². The van der Waals surface area contributed by atoms with Crippen molar-refractivity contribution in [3.8, 4) is 28.0 Å². The van der Waals surface area contributed by atoms with Crippen LogP contribution in [-0.2, 0) is 0 Å². The van der Waals surface area contributed by atoms with Crippen LogP contribution < -0.4 is 5.30 Å². The van der Waals surface area contributed by atoms with Gasteiger partial charge in [-0.25, -0.2) is 0 Å². The number of benzene rings is 3. The lowest BCUT2D eigenvalue weighted by Crippen LogP contribution is -2.00. The van der Waals surface area contributed by atoms with Gasteiger partial charge in [-0.2, -0.15) is 0 Å². The Bertz CT molecular complexity index is 657. The van der Waals surface area contributed by atoms with Gasteiger partial charge < -0.3 is 5.11 Å². The Morgan fingerprint density at radius 1 is 0.600 bits per heavy atom. The minimum atomic E-state index is 0.307. The summed E-state index contributed by atoms with van der Waals surface area (Å²) in [5, 5.41) is 11.4. The fraction of sp³-hybridized carbons (Fsp3) is 0. The molecule has 1 N–H and O–H groups in total. The highest BCUT2D eigenvalue weighted by atomic mass is 31.0. The highest BCUT2D eigenvalue weighted by Crippen LogP contribution is 2.38. The molecule has 0 aliphatic rings. The third-order valence-electron chi connectivity index (χ3n) is 3.34. The van der Waals surface area contributed by atoms with Crippen LogP contribution in [0.25, 0.3) is 22.3 Å². The summed E-state index contributed by atoms with van der Waals surface area (Å²) in [6.07, 6.45) is 0. The predicted molar refractivity (Wildman–Crippen MR) is 88.3 cm³/mol. The Hall–Kier alpha value is -2.11. The van der Waals surface area contributed by atoms with Crippen molar-refractivity contribution in [2.45, 2.75) is 0 Å². The number of hydrogen-bond donors (Lipinski definition) is 1. The molecule has 1 nitrogen and oxygen atoms in total. The first-order valence-electron chi connectivity index (χ1n) is 6.49. The maximum Gasteiger partial charge on any atom is 0.124 e. The molecular formula is C18H15OP. The van der Waals surface area contributed by atoms with Gasteiger partial charge in [0, 0.05) is 11.1 Å². The monoisotopic (exact) mass is 278 g/mol. The van der Waals surface area contributed by atoms with Gasteiger partial charge in [-0.3, -0.25) is 0 Å². The molecule has 0 radical (unpaired) electrons. The molecule has 2 heteroatoms. The third kappa shape index (κ3) is 2.33. The molecule has 98 valence electrons. The van der Waals surface area contributed by atoms with Gasteiger partial charge in [0.25, 0.3) is 0 Å². The molecule has 0 aromatic heterocycles. The summed E-state index contributed by atoms with van der Waals surface area (Å²) in [6.45, 7) is 0. The van der Waals surface area contributed by atoms with Crippen molar-refractivity contribution >= 4 is 14.5 Å². The summed E-state index contributed by atoms with van der Waals surface area (Å²) in [5.74, 6) is 0.307. The molecule has 1 unspecified atom stereocenters. The van der Waals surface area contributed by atoms with Crippen molar-refractivity contribution in [2.75, 3.05) is 0 Å². The van der Waals surface area contributed by atoms with E-state index in [1.807, 2.05) is 54.6 Å². The molecule has 0 saturated heterocycles. The Kier molecular flexibility index (Phi) is 3.54. The first-order valence-corrected chi connectivity index (χ1v) is 7.07. The molecule has 0 saturated carbocycles. The lowest BCUT2D eigenvalue weighted by molar-refractivity contribution is 0.477. The average molecular weight is 278 g/mol. The first kappa shape index (κ1) is 12.9. The topological polar surface area (TPSA) is 20.2 Å². The summed E-state index contributed by atoms with van der Waals surface area (Å²) in [6, 6.07) is 23.8. The summed E-state index contributed by atoms with van der Waals surface area (Å²) >= 11 is 0. The SMILES string of the molecule is Oc1ccc(P)c(-c2ccccc2)c1-c1ccccc1. The van der Waals surface area contributed by atoms with Gasteiger partial charge in [0.2, 0.25) is 0 Å². The molecule has 0 aliphatic carbocycles. The van der Waals surface area contributed by atoms with Gasteiger partial charge in [-0.1, -0.05) is 66.7 Å². The highest BCUT2D eigenvalue weighted by molar-refractivity contribution is 7.28. The van der Waals surface area contributed by atoms with Crippen LogP contribution in [0.3, 0.4) is 0 Å². The second kappa shape index (κ2) is 5.48. The van der Waals surface area contributed by atoms with Gasteiger partial charge in [0.05, 0.1) is 0 Å². The zero-order valence-electron chi connectivity index (χ0n) is 11.0. The predicted octanol–water partition coefficient (Wildman–Crippen LogP) is 4.23. The molecule has 0 amide bonds. The maximum absolute atomic E-state index is 10.3. The van der Waals surface area contributed by atoms with E-state index < -0.39 is 0 Å². The molecule has 3 aromatic rings. The third-order valence-corrected chi connectivity index (χ3v) is 3.82. The van der Waals surface area contributed by atoms with Crippen LogP contribution in [0.1, 0.15) is 0 Å². The maximum atomic E-state index is 10.3. The highest BCUT2D eigenvalue weighted by Gasteiger charge is 2.14. The minimum absolute atomic E-state index is 0.307. The Morgan fingerprint density at radius 2 is 1.10 bits per heavy atom. The zero-order chi connectivity index (χ0) is 13.9. The second-order valence-electron chi connectivity index (χ2n) is 4.66. The van der Waals surface area contributed by atoms with Gasteiger partial charge in [0.1, 0.15) is 5.75 Å². The van der Waals surface area contributed by atoms with Gasteiger partial charge in [-0.15, -0.1) is 9.24 Å².